The highest BCUT2D eigenvalue weighted by atomic mass is 35.5. The van der Waals surface area contributed by atoms with Crippen LogP contribution in [-0.2, 0) is 14.6 Å². The number of carbonyl (C=O) groups is 1. The van der Waals surface area contributed by atoms with Crippen molar-refractivity contribution in [2.24, 2.45) is 0 Å². The van der Waals surface area contributed by atoms with Crippen molar-refractivity contribution in [1.82, 2.24) is 9.78 Å². The van der Waals surface area contributed by atoms with Gasteiger partial charge in [-0.2, -0.15) is 5.10 Å². The molecular weight excluding hydrogens is 398 g/mol. The molecule has 146 valence electrons. The quantitative estimate of drug-likeness (QED) is 0.658. The Morgan fingerprint density at radius 2 is 1.71 bits per heavy atom. The minimum absolute atomic E-state index is 0.152. The first-order valence-electron chi connectivity index (χ1n) is 8.66. The van der Waals surface area contributed by atoms with E-state index in [4.69, 9.17) is 11.6 Å². The van der Waals surface area contributed by atoms with E-state index >= 15 is 0 Å². The number of sulfone groups is 1. The summed E-state index contributed by atoms with van der Waals surface area (Å²) in [5, 5.41) is 7.71. The Bertz CT molecular complexity index is 1090. The molecule has 1 aromatic heterocycles. The smallest absolute Gasteiger partial charge is 0.226 e. The van der Waals surface area contributed by atoms with Gasteiger partial charge in [-0.3, -0.25) is 4.79 Å². The zero-order chi connectivity index (χ0) is 20.3. The molecule has 0 unspecified atom stereocenters. The largest absolute Gasteiger partial charge is 0.311 e. The highest BCUT2D eigenvalue weighted by Gasteiger charge is 2.18. The molecule has 0 saturated carbocycles. The van der Waals surface area contributed by atoms with Crippen LogP contribution in [0.4, 0.5) is 5.82 Å². The number of aryl methyl sites for hydroxylation is 2. The number of halogens is 1. The molecule has 0 saturated heterocycles. The number of amides is 1. The van der Waals surface area contributed by atoms with Gasteiger partial charge in [0.25, 0.3) is 0 Å². The Morgan fingerprint density at radius 1 is 1.07 bits per heavy atom. The van der Waals surface area contributed by atoms with Crippen LogP contribution < -0.4 is 5.32 Å². The maximum Gasteiger partial charge on any atom is 0.226 e. The maximum absolute atomic E-state index is 12.4. The second kappa shape index (κ2) is 8.16. The summed E-state index contributed by atoms with van der Waals surface area (Å²) in [5.41, 5.74) is 2.43. The van der Waals surface area contributed by atoms with E-state index in [0.29, 0.717) is 10.8 Å². The molecule has 0 spiro atoms. The van der Waals surface area contributed by atoms with Gasteiger partial charge in [0.1, 0.15) is 5.82 Å². The van der Waals surface area contributed by atoms with Crippen LogP contribution in [0.1, 0.15) is 17.7 Å². The van der Waals surface area contributed by atoms with Gasteiger partial charge in [-0.15, -0.1) is 0 Å². The zero-order valence-electron chi connectivity index (χ0n) is 15.5. The predicted octanol–water partition coefficient (Wildman–Crippen LogP) is 3.95. The van der Waals surface area contributed by atoms with E-state index in [2.05, 4.69) is 10.4 Å². The SMILES string of the molecule is Cc1ccc(S(=O)(=O)CCC(=O)Nc2cc(C)nn2-c2ccc(Cl)cc2)cc1. The lowest BCUT2D eigenvalue weighted by atomic mass is 10.2. The lowest BCUT2D eigenvalue weighted by Crippen LogP contribution is -2.19. The summed E-state index contributed by atoms with van der Waals surface area (Å²) in [6.45, 7) is 3.69. The standard InChI is InChI=1S/C20H20ClN3O3S/c1-14-3-9-18(10-4-14)28(26,27)12-11-20(25)22-19-13-15(2)23-24(19)17-7-5-16(21)6-8-17/h3-10,13H,11-12H2,1-2H3,(H,22,25). The Labute approximate surface area is 169 Å². The summed E-state index contributed by atoms with van der Waals surface area (Å²) in [5.74, 6) is -0.195. The van der Waals surface area contributed by atoms with Gasteiger partial charge in [0.05, 0.1) is 22.0 Å². The third-order valence-corrected chi connectivity index (χ3v) is 6.13. The Kier molecular flexibility index (Phi) is 5.86. The number of nitrogens with zero attached hydrogens (tertiary/aromatic N) is 2. The van der Waals surface area contributed by atoms with Gasteiger partial charge in [-0.05, 0) is 50.2 Å². The number of aromatic nitrogens is 2. The fourth-order valence-electron chi connectivity index (χ4n) is 2.66. The maximum atomic E-state index is 12.4. The topological polar surface area (TPSA) is 81.1 Å². The average Bonchev–Trinajstić information content (AvgIpc) is 3.01. The van der Waals surface area contributed by atoms with Crippen molar-refractivity contribution < 1.29 is 13.2 Å². The second-order valence-corrected chi connectivity index (χ2v) is 9.03. The second-order valence-electron chi connectivity index (χ2n) is 6.49. The Hall–Kier alpha value is -2.64. The number of anilines is 1. The highest BCUT2D eigenvalue weighted by Crippen LogP contribution is 2.20. The molecule has 1 N–H and O–H groups in total. The highest BCUT2D eigenvalue weighted by molar-refractivity contribution is 7.91. The van der Waals surface area contributed by atoms with Crippen LogP contribution in [0.25, 0.3) is 5.69 Å². The minimum atomic E-state index is -3.52. The number of hydrogen-bond donors (Lipinski definition) is 1. The molecule has 0 aliphatic heterocycles. The first-order chi connectivity index (χ1) is 13.2. The fourth-order valence-corrected chi connectivity index (χ4v) is 4.03. The molecule has 1 amide bonds. The molecule has 6 nitrogen and oxygen atoms in total. The van der Waals surface area contributed by atoms with Crippen molar-refractivity contribution in [2.75, 3.05) is 11.1 Å². The van der Waals surface area contributed by atoms with Gasteiger partial charge in [0.2, 0.25) is 5.91 Å². The first-order valence-corrected chi connectivity index (χ1v) is 10.7. The van der Waals surface area contributed by atoms with Crippen LogP contribution in [0.15, 0.2) is 59.5 Å². The van der Waals surface area contributed by atoms with Crippen LogP contribution >= 0.6 is 11.6 Å². The summed E-state index contributed by atoms with van der Waals surface area (Å²) in [6.07, 6.45) is -0.152. The van der Waals surface area contributed by atoms with Crippen molar-refractivity contribution in [3.05, 3.63) is 70.9 Å². The summed E-state index contributed by atoms with van der Waals surface area (Å²) in [6, 6.07) is 15.3. The Morgan fingerprint density at radius 3 is 2.36 bits per heavy atom. The molecule has 8 heteroatoms. The molecule has 3 aromatic rings. The van der Waals surface area contributed by atoms with Gasteiger partial charge in [0, 0.05) is 17.5 Å². The third-order valence-electron chi connectivity index (χ3n) is 4.15. The van der Waals surface area contributed by atoms with Crippen molar-refractivity contribution in [2.45, 2.75) is 25.2 Å². The van der Waals surface area contributed by atoms with Crippen molar-refractivity contribution in [3.63, 3.8) is 0 Å². The lowest BCUT2D eigenvalue weighted by Gasteiger charge is -2.09. The summed E-state index contributed by atoms with van der Waals surface area (Å²) >= 11 is 5.92. The van der Waals surface area contributed by atoms with E-state index in [1.807, 2.05) is 13.8 Å². The van der Waals surface area contributed by atoms with Gasteiger partial charge < -0.3 is 5.32 Å². The lowest BCUT2D eigenvalue weighted by molar-refractivity contribution is -0.115. The van der Waals surface area contributed by atoms with E-state index in [9.17, 15) is 13.2 Å². The monoisotopic (exact) mass is 417 g/mol. The van der Waals surface area contributed by atoms with Crippen molar-refractivity contribution >= 4 is 33.2 Å². The third kappa shape index (κ3) is 4.79. The molecule has 0 aliphatic carbocycles. The molecule has 0 bridgehead atoms. The van der Waals surface area contributed by atoms with Crippen LogP contribution in [0.2, 0.25) is 5.02 Å². The van der Waals surface area contributed by atoms with E-state index in [1.165, 1.54) is 0 Å². The zero-order valence-corrected chi connectivity index (χ0v) is 17.1. The number of rotatable bonds is 6. The number of hydrogen-bond acceptors (Lipinski definition) is 4. The van der Waals surface area contributed by atoms with Gasteiger partial charge >= 0.3 is 0 Å². The van der Waals surface area contributed by atoms with E-state index in [-0.39, 0.29) is 17.1 Å². The summed E-state index contributed by atoms with van der Waals surface area (Å²) < 4.78 is 26.4. The average molecular weight is 418 g/mol. The first kappa shape index (κ1) is 20.1. The molecule has 0 aliphatic rings. The normalized spacial score (nSPS) is 11.4. The van der Waals surface area contributed by atoms with Crippen LogP contribution in [0.5, 0.6) is 0 Å². The molecule has 0 radical (unpaired) electrons. The fraction of sp³-hybridized carbons (Fsp3) is 0.200. The van der Waals surface area contributed by atoms with Crippen molar-refractivity contribution in [1.29, 1.82) is 0 Å². The van der Waals surface area contributed by atoms with E-state index in [1.54, 1.807) is 59.3 Å². The minimum Gasteiger partial charge on any atom is -0.311 e. The molecule has 28 heavy (non-hydrogen) atoms. The molecule has 3 rings (SSSR count). The van der Waals surface area contributed by atoms with Crippen molar-refractivity contribution in [3.8, 4) is 5.69 Å². The number of nitrogens with one attached hydrogen (secondary N) is 1. The van der Waals surface area contributed by atoms with Gasteiger partial charge in [-0.25, -0.2) is 13.1 Å². The molecular formula is C20H20ClN3O3S. The van der Waals surface area contributed by atoms with Gasteiger partial charge in [-0.1, -0.05) is 29.3 Å². The summed E-state index contributed by atoms with van der Waals surface area (Å²) in [7, 11) is -3.52. The van der Waals surface area contributed by atoms with Gasteiger partial charge in [0.15, 0.2) is 9.84 Å². The number of carbonyl (C=O) groups excluding carboxylic acids is 1. The molecule has 0 fully saturated rings. The number of benzene rings is 2. The molecule has 1 heterocycles. The molecule has 2 aromatic carbocycles. The summed E-state index contributed by atoms with van der Waals surface area (Å²) in [4.78, 5) is 12.6. The Balaban J connectivity index is 1.70. The van der Waals surface area contributed by atoms with Crippen LogP contribution in [0, 0.1) is 13.8 Å². The van der Waals surface area contributed by atoms with Crippen LogP contribution in [-0.4, -0.2) is 29.9 Å². The van der Waals surface area contributed by atoms with Crippen LogP contribution in [0.3, 0.4) is 0 Å². The van der Waals surface area contributed by atoms with E-state index in [0.717, 1.165) is 16.9 Å². The van der Waals surface area contributed by atoms with E-state index < -0.39 is 15.7 Å². The predicted molar refractivity (Wildman–Crippen MR) is 110 cm³/mol. The molecule has 0 atom stereocenters.